The number of halogens is 2. The van der Waals surface area contributed by atoms with Crippen LogP contribution in [0.25, 0.3) is 0 Å². The summed E-state index contributed by atoms with van der Waals surface area (Å²) in [4.78, 5) is 25.2. The van der Waals surface area contributed by atoms with Gasteiger partial charge in [-0.2, -0.15) is 0 Å². The van der Waals surface area contributed by atoms with Gasteiger partial charge in [0.1, 0.15) is 0 Å². The summed E-state index contributed by atoms with van der Waals surface area (Å²) in [6, 6.07) is 4.64. The first-order chi connectivity index (χ1) is 15.4. The van der Waals surface area contributed by atoms with Gasteiger partial charge in [0.25, 0.3) is 5.91 Å². The molecule has 1 aromatic rings. The van der Waals surface area contributed by atoms with Crippen molar-refractivity contribution < 1.29 is 18.9 Å². The fourth-order valence-electron chi connectivity index (χ4n) is 6.00. The van der Waals surface area contributed by atoms with Gasteiger partial charge in [0.2, 0.25) is 5.91 Å². The van der Waals surface area contributed by atoms with Gasteiger partial charge in [0.15, 0.2) is 0 Å². The lowest BCUT2D eigenvalue weighted by Crippen LogP contribution is -2.65. The summed E-state index contributed by atoms with van der Waals surface area (Å²) in [6.07, 6.45) is 2.94. The summed E-state index contributed by atoms with van der Waals surface area (Å²) < 4.78 is 13.0. The Balaban J connectivity index is 1.39. The molecule has 2 bridgehead atoms. The zero-order valence-corrected chi connectivity index (χ0v) is 21.4. The van der Waals surface area contributed by atoms with Crippen LogP contribution in [-0.4, -0.2) is 43.1 Å². The molecule has 1 aliphatic heterocycles. The number of carbonyl (C=O) groups is 2. The van der Waals surface area contributed by atoms with E-state index in [1.54, 1.807) is 12.1 Å². The lowest BCUT2D eigenvalue weighted by Gasteiger charge is -2.64. The zero-order valence-electron chi connectivity index (χ0n) is 19.9. The molecule has 1 heterocycles. The highest BCUT2D eigenvalue weighted by Gasteiger charge is 2.68. The average molecular weight is 497 g/mol. The Bertz CT molecular complexity index is 943. The van der Waals surface area contributed by atoms with E-state index in [1.807, 2.05) is 0 Å². The number of benzene rings is 1. The quantitative estimate of drug-likeness (QED) is 0.544. The van der Waals surface area contributed by atoms with Crippen LogP contribution < -0.4 is 10.6 Å². The molecule has 5 atom stereocenters. The van der Waals surface area contributed by atoms with Crippen molar-refractivity contribution in [2.75, 3.05) is 6.54 Å². The first-order valence-corrected chi connectivity index (χ1v) is 12.5. The zero-order chi connectivity index (χ0) is 24.1. The van der Waals surface area contributed by atoms with Gasteiger partial charge in [0, 0.05) is 5.02 Å². The van der Waals surface area contributed by atoms with E-state index < -0.39 is 13.0 Å². The number of carbonyl (C=O) groups excluding carboxylic acids is 2. The SMILES string of the molecule is CC(C)C[C@H](NC(=O)CN[14C](=O)c1cc(Cl)ccc1Cl)B1O[C@@H]2C[C@@H]3C[C@@H](C3(C)C)[C@]2(C)O1. The van der Waals surface area contributed by atoms with Crippen molar-refractivity contribution in [1.82, 2.24) is 10.6 Å². The molecule has 5 rings (SSSR count). The minimum atomic E-state index is -0.500. The first kappa shape index (κ1) is 24.8. The van der Waals surface area contributed by atoms with Crippen molar-refractivity contribution >= 4 is 42.1 Å². The Hall–Kier alpha value is -1.28. The van der Waals surface area contributed by atoms with E-state index in [0.29, 0.717) is 29.2 Å². The second-order valence-electron chi connectivity index (χ2n) is 10.9. The number of hydrogen-bond donors (Lipinski definition) is 2. The number of amides is 2. The predicted octanol–water partition coefficient (Wildman–Crippen LogP) is 4.52. The molecule has 33 heavy (non-hydrogen) atoms. The van der Waals surface area contributed by atoms with Crippen molar-refractivity contribution in [3.63, 3.8) is 0 Å². The standard InChI is InChI=1S/C24H33BCl2N2O4/c1-13(2)8-20(25-32-19-10-14-9-18(23(14,3)4)24(19,5)33-25)29-21(30)12-28-22(31)16-11-15(26)6-7-17(16)27/h6-7,11,13-14,18-20H,8-10,12H2,1-5H3,(H,28,31)(H,29,30)/t14-,18-,19+,20-,24-/m0/s1/i22+2. The third-order valence-electron chi connectivity index (χ3n) is 7.95. The van der Waals surface area contributed by atoms with E-state index in [9.17, 15) is 9.59 Å². The molecular formula is C24H33BCl2N2O4. The second kappa shape index (κ2) is 9.06. The lowest BCUT2D eigenvalue weighted by atomic mass is 9.43. The summed E-state index contributed by atoms with van der Waals surface area (Å²) in [5, 5.41) is 6.34. The summed E-state index contributed by atoms with van der Waals surface area (Å²) in [5.74, 6) is 0.399. The minimum absolute atomic E-state index is 0.0514. The molecule has 0 unspecified atom stereocenters. The molecule has 180 valence electrons. The Kier molecular flexibility index (Phi) is 6.82. The van der Waals surface area contributed by atoms with Crippen LogP contribution in [0.1, 0.15) is 64.2 Å². The summed E-state index contributed by atoms with van der Waals surface area (Å²) in [7, 11) is -0.500. The molecule has 2 N–H and O–H groups in total. The fourth-order valence-corrected chi connectivity index (χ4v) is 6.38. The smallest absolute Gasteiger partial charge is 0.404 e. The molecule has 1 saturated heterocycles. The first-order valence-electron chi connectivity index (χ1n) is 11.8. The van der Waals surface area contributed by atoms with Gasteiger partial charge in [-0.1, -0.05) is 50.9 Å². The molecule has 6 nitrogen and oxygen atoms in total. The van der Waals surface area contributed by atoms with Gasteiger partial charge in [0.05, 0.1) is 34.8 Å². The van der Waals surface area contributed by atoms with Crippen LogP contribution in [0, 0.1) is 23.2 Å². The maximum atomic E-state index is 12.8. The number of hydrogen-bond acceptors (Lipinski definition) is 4. The molecule has 9 heteroatoms. The number of rotatable bonds is 7. The summed E-state index contributed by atoms with van der Waals surface area (Å²) in [6.45, 7) is 10.8. The second-order valence-corrected chi connectivity index (χ2v) is 11.8. The van der Waals surface area contributed by atoms with E-state index in [4.69, 9.17) is 32.5 Å². The van der Waals surface area contributed by atoms with Gasteiger partial charge in [-0.05, 0) is 67.6 Å². The Morgan fingerprint density at radius 2 is 2.00 bits per heavy atom. The Morgan fingerprint density at radius 1 is 1.27 bits per heavy atom. The van der Waals surface area contributed by atoms with Crippen LogP contribution in [0.5, 0.6) is 0 Å². The molecule has 2 amide bonds. The molecule has 4 fully saturated rings. The monoisotopic (exact) mass is 496 g/mol. The molecule has 4 aliphatic rings. The molecule has 0 spiro atoms. The van der Waals surface area contributed by atoms with Crippen LogP contribution in [0.3, 0.4) is 0 Å². The largest absolute Gasteiger partial charge is 0.481 e. The van der Waals surface area contributed by atoms with Gasteiger partial charge < -0.3 is 19.9 Å². The highest BCUT2D eigenvalue weighted by atomic mass is 35.5. The molecule has 3 aliphatic carbocycles. The summed E-state index contributed by atoms with van der Waals surface area (Å²) in [5.41, 5.74) is 0.156. The molecule has 1 aromatic carbocycles. The number of nitrogens with one attached hydrogen (secondary N) is 2. The maximum Gasteiger partial charge on any atom is 0.481 e. The van der Waals surface area contributed by atoms with Gasteiger partial charge in [-0.25, -0.2) is 0 Å². The third kappa shape index (κ3) is 4.66. The van der Waals surface area contributed by atoms with Crippen molar-refractivity contribution in [3.8, 4) is 0 Å². The summed E-state index contributed by atoms with van der Waals surface area (Å²) >= 11 is 12.1. The maximum absolute atomic E-state index is 12.8. The van der Waals surface area contributed by atoms with Crippen LogP contribution in [0.15, 0.2) is 18.2 Å². The molecule has 0 aromatic heterocycles. The topological polar surface area (TPSA) is 76.7 Å². The van der Waals surface area contributed by atoms with E-state index >= 15 is 0 Å². The normalized spacial score (nSPS) is 30.4. The predicted molar refractivity (Wildman–Crippen MR) is 130 cm³/mol. The van der Waals surface area contributed by atoms with Crippen molar-refractivity contribution in [2.24, 2.45) is 23.2 Å². The van der Waals surface area contributed by atoms with Gasteiger partial charge in [-0.3, -0.25) is 9.59 Å². The minimum Gasteiger partial charge on any atom is -0.404 e. The van der Waals surface area contributed by atoms with Crippen LogP contribution in [0.4, 0.5) is 0 Å². The highest BCUT2D eigenvalue weighted by Crippen LogP contribution is 2.65. The Morgan fingerprint density at radius 3 is 2.67 bits per heavy atom. The van der Waals surface area contributed by atoms with Crippen LogP contribution >= 0.6 is 23.2 Å². The van der Waals surface area contributed by atoms with Crippen molar-refractivity contribution in [1.29, 1.82) is 0 Å². The van der Waals surface area contributed by atoms with Crippen molar-refractivity contribution in [2.45, 2.75) is 71.5 Å². The Labute approximate surface area is 206 Å². The lowest BCUT2D eigenvalue weighted by molar-refractivity contribution is -0.199. The van der Waals surface area contributed by atoms with Crippen molar-refractivity contribution in [3.05, 3.63) is 33.8 Å². The van der Waals surface area contributed by atoms with E-state index in [0.717, 1.165) is 6.42 Å². The average Bonchev–Trinajstić information content (AvgIpc) is 3.10. The van der Waals surface area contributed by atoms with E-state index in [2.05, 4.69) is 45.3 Å². The highest BCUT2D eigenvalue weighted by molar-refractivity contribution is 6.48. The van der Waals surface area contributed by atoms with Crippen LogP contribution in [0.2, 0.25) is 10.0 Å². The van der Waals surface area contributed by atoms with Crippen LogP contribution in [-0.2, 0) is 14.1 Å². The fraction of sp³-hybridized carbons (Fsp3) is 0.667. The third-order valence-corrected chi connectivity index (χ3v) is 8.52. The van der Waals surface area contributed by atoms with Gasteiger partial charge >= 0.3 is 7.12 Å². The van der Waals surface area contributed by atoms with E-state index in [1.165, 1.54) is 12.5 Å². The molecule has 3 saturated carbocycles. The van der Waals surface area contributed by atoms with E-state index in [-0.39, 0.29) is 46.1 Å². The molecular weight excluding hydrogens is 464 g/mol. The molecule has 0 radical (unpaired) electrons. The van der Waals surface area contributed by atoms with Gasteiger partial charge in [-0.15, -0.1) is 0 Å².